The molecule has 1 amide bonds. The van der Waals surface area contributed by atoms with Crippen LogP contribution >= 0.6 is 0 Å². The van der Waals surface area contributed by atoms with Crippen LogP contribution in [-0.2, 0) is 22.4 Å². The number of anilines is 2. The van der Waals surface area contributed by atoms with Crippen LogP contribution in [0.2, 0.25) is 0 Å². The van der Waals surface area contributed by atoms with Crippen molar-refractivity contribution in [3.63, 3.8) is 0 Å². The number of hydrogen-bond donors (Lipinski definition) is 1. The van der Waals surface area contributed by atoms with Crippen LogP contribution in [0.5, 0.6) is 0 Å². The summed E-state index contributed by atoms with van der Waals surface area (Å²) in [6.07, 6.45) is 1.70. The van der Waals surface area contributed by atoms with Gasteiger partial charge in [0.15, 0.2) is 0 Å². The first-order valence-corrected chi connectivity index (χ1v) is 14.7. The zero-order valence-corrected chi connectivity index (χ0v) is 23.7. The standard InChI is InChI=1S/C31H35N7O4/c1-20-14-37(26-6-4-21(13-32)30-24(26)3-2-9-33-30)17-23(42-20)16-35-18-27-28(19-35)41-12-11-38(27)29-7-5-22-15-36(31(39)40)10-8-25(22)34-29/h2-7,9,20,23,27-28H,8,10-12,14-19H2,1H3,(H,39,40)/t20-,23+,27?,28?/m1/s1. The van der Waals surface area contributed by atoms with E-state index in [-0.39, 0.29) is 24.4 Å². The Morgan fingerprint density at radius 3 is 2.90 bits per heavy atom. The molecule has 0 radical (unpaired) electrons. The molecule has 0 aliphatic carbocycles. The van der Waals surface area contributed by atoms with E-state index in [2.05, 4.69) is 32.7 Å². The number of carbonyl (C=O) groups is 1. The summed E-state index contributed by atoms with van der Waals surface area (Å²) in [6, 6.07) is 14.4. The van der Waals surface area contributed by atoms with E-state index in [0.717, 1.165) is 72.9 Å². The summed E-state index contributed by atoms with van der Waals surface area (Å²) in [5, 5.41) is 19.9. The van der Waals surface area contributed by atoms with Crippen molar-refractivity contribution in [2.75, 3.05) is 62.2 Å². The van der Waals surface area contributed by atoms with Gasteiger partial charge in [0, 0.05) is 75.2 Å². The molecule has 6 heterocycles. The molecule has 42 heavy (non-hydrogen) atoms. The van der Waals surface area contributed by atoms with Crippen LogP contribution < -0.4 is 9.80 Å². The largest absolute Gasteiger partial charge is 0.465 e. The molecule has 7 rings (SSSR count). The fourth-order valence-corrected chi connectivity index (χ4v) is 7.08. The minimum Gasteiger partial charge on any atom is -0.465 e. The highest BCUT2D eigenvalue weighted by atomic mass is 16.5. The summed E-state index contributed by atoms with van der Waals surface area (Å²) in [4.78, 5) is 29.6. The van der Waals surface area contributed by atoms with Gasteiger partial charge in [-0.2, -0.15) is 5.26 Å². The average molecular weight is 570 g/mol. The van der Waals surface area contributed by atoms with Gasteiger partial charge in [-0.1, -0.05) is 6.07 Å². The Balaban J connectivity index is 1.05. The number of morpholine rings is 2. The van der Waals surface area contributed by atoms with E-state index in [9.17, 15) is 15.2 Å². The maximum absolute atomic E-state index is 11.4. The fraction of sp³-hybridized carbons (Fsp3) is 0.484. The van der Waals surface area contributed by atoms with E-state index in [1.807, 2.05) is 36.4 Å². The lowest BCUT2D eigenvalue weighted by Gasteiger charge is -2.40. The van der Waals surface area contributed by atoms with Crippen LogP contribution in [0.15, 0.2) is 42.6 Å². The van der Waals surface area contributed by atoms with Crippen molar-refractivity contribution < 1.29 is 19.4 Å². The lowest BCUT2D eigenvalue weighted by atomic mass is 10.1. The number of rotatable bonds is 4. The number of aromatic nitrogens is 2. The number of likely N-dealkylation sites (tertiary alicyclic amines) is 1. The molecule has 0 bridgehead atoms. The number of benzene rings is 1. The summed E-state index contributed by atoms with van der Waals surface area (Å²) < 4.78 is 12.7. The second kappa shape index (κ2) is 11.0. The second-order valence-electron chi connectivity index (χ2n) is 11.7. The molecule has 0 spiro atoms. The molecule has 4 aliphatic rings. The Hall–Kier alpha value is -3.98. The van der Waals surface area contributed by atoms with E-state index >= 15 is 0 Å². The molecule has 2 aromatic heterocycles. The van der Waals surface area contributed by atoms with Crippen molar-refractivity contribution in [3.05, 3.63) is 59.4 Å². The topological polar surface area (TPSA) is 118 Å². The third-order valence-corrected chi connectivity index (χ3v) is 8.97. The van der Waals surface area contributed by atoms with Gasteiger partial charge < -0.3 is 29.3 Å². The highest BCUT2D eigenvalue weighted by Gasteiger charge is 2.42. The van der Waals surface area contributed by atoms with Gasteiger partial charge >= 0.3 is 6.09 Å². The van der Waals surface area contributed by atoms with Crippen molar-refractivity contribution in [2.45, 2.75) is 44.2 Å². The Morgan fingerprint density at radius 2 is 2.05 bits per heavy atom. The number of fused-ring (bicyclic) bond motifs is 3. The second-order valence-corrected chi connectivity index (χ2v) is 11.7. The molecule has 1 N–H and O–H groups in total. The number of carboxylic acid groups (broad SMARTS) is 1. The van der Waals surface area contributed by atoms with Gasteiger partial charge in [-0.15, -0.1) is 0 Å². The highest BCUT2D eigenvalue weighted by molar-refractivity contribution is 5.95. The maximum Gasteiger partial charge on any atom is 0.407 e. The van der Waals surface area contributed by atoms with E-state index in [4.69, 9.17) is 14.5 Å². The molecule has 4 atom stereocenters. The number of nitrogens with zero attached hydrogens (tertiary/aromatic N) is 7. The van der Waals surface area contributed by atoms with Crippen LogP contribution in [0, 0.1) is 11.3 Å². The van der Waals surface area contributed by atoms with Crippen LogP contribution in [-0.4, -0.2) is 108 Å². The molecular weight excluding hydrogens is 534 g/mol. The SMILES string of the molecule is C[C@@H]1CN(c2ccc(C#N)c3ncccc23)C[C@H](CN2CC3OCCN(c4ccc5c(n4)CCN(C(=O)O)C5)C3C2)O1. The first-order chi connectivity index (χ1) is 20.5. The third kappa shape index (κ3) is 5.00. The highest BCUT2D eigenvalue weighted by Crippen LogP contribution is 2.32. The molecule has 3 aromatic rings. The van der Waals surface area contributed by atoms with Crippen LogP contribution in [0.4, 0.5) is 16.3 Å². The predicted octanol–water partition coefficient (Wildman–Crippen LogP) is 2.72. The molecule has 218 valence electrons. The van der Waals surface area contributed by atoms with E-state index in [0.29, 0.717) is 31.7 Å². The number of pyridine rings is 2. The zero-order valence-electron chi connectivity index (χ0n) is 23.7. The minimum absolute atomic E-state index is 0.0313. The minimum atomic E-state index is -0.881. The smallest absolute Gasteiger partial charge is 0.407 e. The van der Waals surface area contributed by atoms with Crippen molar-refractivity contribution in [3.8, 4) is 6.07 Å². The third-order valence-electron chi connectivity index (χ3n) is 8.97. The Morgan fingerprint density at radius 1 is 1.14 bits per heavy atom. The lowest BCUT2D eigenvalue weighted by molar-refractivity contribution is -0.0317. The molecule has 11 nitrogen and oxygen atoms in total. The number of hydrogen-bond acceptors (Lipinski definition) is 9. The van der Waals surface area contributed by atoms with Gasteiger partial charge in [0.2, 0.25) is 0 Å². The first kappa shape index (κ1) is 26.9. The van der Waals surface area contributed by atoms with Gasteiger partial charge in [-0.05, 0) is 42.8 Å². The van der Waals surface area contributed by atoms with E-state index in [1.165, 1.54) is 4.90 Å². The van der Waals surface area contributed by atoms with E-state index < -0.39 is 6.09 Å². The van der Waals surface area contributed by atoms with E-state index in [1.54, 1.807) is 6.20 Å². The summed E-state index contributed by atoms with van der Waals surface area (Å²) >= 11 is 0. The molecule has 11 heteroatoms. The lowest BCUT2D eigenvalue weighted by Crippen LogP contribution is -2.52. The molecule has 3 fully saturated rings. The van der Waals surface area contributed by atoms with Crippen LogP contribution in [0.1, 0.15) is 23.7 Å². The van der Waals surface area contributed by atoms with Crippen molar-refractivity contribution >= 4 is 28.5 Å². The van der Waals surface area contributed by atoms with Crippen LogP contribution in [0.25, 0.3) is 10.9 Å². The van der Waals surface area contributed by atoms with Gasteiger partial charge in [0.1, 0.15) is 11.9 Å². The van der Waals surface area contributed by atoms with Gasteiger partial charge in [0.25, 0.3) is 0 Å². The zero-order chi connectivity index (χ0) is 28.8. The molecule has 2 unspecified atom stereocenters. The number of amides is 1. The summed E-state index contributed by atoms with van der Waals surface area (Å²) in [5.41, 5.74) is 4.41. The molecular formula is C31H35N7O4. The quantitative estimate of drug-likeness (QED) is 0.503. The Bertz CT molecular complexity index is 1540. The average Bonchev–Trinajstić information content (AvgIpc) is 3.42. The summed E-state index contributed by atoms with van der Waals surface area (Å²) in [5.74, 6) is 0.952. The molecule has 0 saturated carbocycles. The summed E-state index contributed by atoms with van der Waals surface area (Å²) in [7, 11) is 0. The van der Waals surface area contributed by atoms with Crippen molar-refractivity contribution in [2.24, 2.45) is 0 Å². The maximum atomic E-state index is 11.4. The monoisotopic (exact) mass is 569 g/mol. The van der Waals surface area contributed by atoms with Gasteiger partial charge in [0.05, 0.1) is 48.6 Å². The summed E-state index contributed by atoms with van der Waals surface area (Å²) in [6.45, 7) is 8.50. The Kier molecular flexibility index (Phi) is 7.06. The van der Waals surface area contributed by atoms with Gasteiger partial charge in [-0.3, -0.25) is 9.88 Å². The van der Waals surface area contributed by atoms with Crippen LogP contribution in [0.3, 0.4) is 0 Å². The predicted molar refractivity (Wildman–Crippen MR) is 157 cm³/mol. The fourth-order valence-electron chi connectivity index (χ4n) is 7.08. The van der Waals surface area contributed by atoms with Gasteiger partial charge in [-0.25, -0.2) is 9.78 Å². The van der Waals surface area contributed by atoms with Crippen molar-refractivity contribution in [1.29, 1.82) is 5.26 Å². The molecule has 1 aromatic carbocycles. The molecule has 3 saturated heterocycles. The normalized spacial score (nSPS) is 26.1. The number of nitriles is 1. The Labute approximate surface area is 244 Å². The van der Waals surface area contributed by atoms with Crippen molar-refractivity contribution in [1.82, 2.24) is 19.8 Å². The molecule has 4 aliphatic heterocycles. The number of ether oxygens (including phenoxy) is 2. The first-order valence-electron chi connectivity index (χ1n) is 14.7.